The molecule has 0 spiro atoms. The van der Waals surface area contributed by atoms with Gasteiger partial charge in [-0.25, -0.2) is 14.4 Å². The highest BCUT2D eigenvalue weighted by atomic mass is 32.1. The highest BCUT2D eigenvalue weighted by Gasteiger charge is 2.09. The third-order valence-corrected chi connectivity index (χ3v) is 3.60. The van der Waals surface area contributed by atoms with Crippen LogP contribution in [0.3, 0.4) is 0 Å². The average molecular weight is 295 g/mol. The van der Waals surface area contributed by atoms with Crippen LogP contribution in [-0.2, 0) is 13.0 Å². The van der Waals surface area contributed by atoms with Crippen molar-refractivity contribution in [2.45, 2.75) is 26.3 Å². The van der Waals surface area contributed by atoms with Crippen LogP contribution in [0.2, 0.25) is 0 Å². The normalized spacial score (nSPS) is 10.6. The van der Waals surface area contributed by atoms with E-state index in [1.54, 1.807) is 30.3 Å². The largest absolute Gasteiger partial charge is 0.360 e. The summed E-state index contributed by atoms with van der Waals surface area (Å²) in [5.74, 6) is 0.243. The number of nitrogens with one attached hydrogen (secondary N) is 1. The first-order valence-corrected chi connectivity index (χ1v) is 7.35. The lowest BCUT2D eigenvalue weighted by molar-refractivity contribution is 0.612. The molecule has 0 aromatic carbocycles. The van der Waals surface area contributed by atoms with Crippen molar-refractivity contribution in [3.05, 3.63) is 28.1 Å². The van der Waals surface area contributed by atoms with Gasteiger partial charge in [-0.1, -0.05) is 6.92 Å². The fraction of sp³-hybridized carbons (Fsp3) is 0.462. The number of nitrogens with zero attached hydrogens (tertiary/aromatic N) is 4. The third kappa shape index (κ3) is 3.63. The van der Waals surface area contributed by atoms with Gasteiger partial charge >= 0.3 is 0 Å². The van der Waals surface area contributed by atoms with Gasteiger partial charge in [-0.3, -0.25) is 0 Å². The molecule has 20 heavy (non-hydrogen) atoms. The Morgan fingerprint density at radius 1 is 1.35 bits per heavy atom. The van der Waals surface area contributed by atoms with E-state index in [9.17, 15) is 4.39 Å². The van der Waals surface area contributed by atoms with Gasteiger partial charge in [0.1, 0.15) is 0 Å². The summed E-state index contributed by atoms with van der Waals surface area (Å²) < 4.78 is 13.5. The van der Waals surface area contributed by atoms with Crippen LogP contribution in [0.15, 0.2) is 11.6 Å². The number of hydrogen-bond donors (Lipinski definition) is 1. The molecule has 0 amide bonds. The summed E-state index contributed by atoms with van der Waals surface area (Å²) in [5.41, 5.74) is 0.956. The van der Waals surface area contributed by atoms with E-state index >= 15 is 0 Å². The Kier molecular flexibility index (Phi) is 4.84. The van der Waals surface area contributed by atoms with E-state index in [4.69, 9.17) is 0 Å². The summed E-state index contributed by atoms with van der Waals surface area (Å²) in [6, 6.07) is 0. The number of hydrogen-bond acceptors (Lipinski definition) is 6. The predicted molar refractivity (Wildman–Crippen MR) is 79.8 cm³/mol. The minimum absolute atomic E-state index is 0.271. The first-order valence-electron chi connectivity index (χ1n) is 6.47. The third-order valence-electron chi connectivity index (χ3n) is 2.64. The lowest BCUT2D eigenvalue weighted by atomic mass is 10.3. The molecule has 108 valence electrons. The predicted octanol–water partition coefficient (Wildman–Crippen LogP) is 2.70. The fourth-order valence-corrected chi connectivity index (χ4v) is 2.59. The molecule has 0 atom stereocenters. The molecular formula is C13H18FN5S. The quantitative estimate of drug-likeness (QED) is 0.888. The van der Waals surface area contributed by atoms with E-state index in [2.05, 4.69) is 27.2 Å². The van der Waals surface area contributed by atoms with Gasteiger partial charge in [-0.2, -0.15) is 4.98 Å². The summed E-state index contributed by atoms with van der Waals surface area (Å²) in [6.45, 7) is 2.67. The lowest BCUT2D eigenvalue weighted by Gasteiger charge is -2.13. The molecule has 0 aliphatic heterocycles. The van der Waals surface area contributed by atoms with Gasteiger partial charge in [-0.05, 0) is 12.8 Å². The summed E-state index contributed by atoms with van der Waals surface area (Å²) >= 11 is 1.66. The van der Waals surface area contributed by atoms with E-state index < -0.39 is 5.82 Å². The van der Waals surface area contributed by atoms with E-state index in [-0.39, 0.29) is 5.82 Å². The Morgan fingerprint density at radius 2 is 2.15 bits per heavy atom. The molecule has 0 saturated heterocycles. The van der Waals surface area contributed by atoms with Crippen molar-refractivity contribution >= 4 is 23.1 Å². The Bertz CT molecular complexity index is 570. The smallest absolute Gasteiger partial charge is 0.225 e. The van der Waals surface area contributed by atoms with Crippen LogP contribution in [0, 0.1) is 5.82 Å². The van der Waals surface area contributed by atoms with Gasteiger partial charge in [-0.15, -0.1) is 11.3 Å². The topological polar surface area (TPSA) is 53.9 Å². The molecule has 2 heterocycles. The fourth-order valence-electron chi connectivity index (χ4n) is 1.69. The molecule has 0 fully saturated rings. The van der Waals surface area contributed by atoms with Gasteiger partial charge in [0.2, 0.25) is 5.95 Å². The highest BCUT2D eigenvalue weighted by molar-refractivity contribution is 7.09. The molecule has 0 saturated carbocycles. The molecule has 2 aromatic rings. The zero-order chi connectivity index (χ0) is 14.5. The van der Waals surface area contributed by atoms with Crippen molar-refractivity contribution in [2.24, 2.45) is 0 Å². The second kappa shape index (κ2) is 6.60. The van der Waals surface area contributed by atoms with Crippen LogP contribution in [0.4, 0.5) is 16.2 Å². The maximum absolute atomic E-state index is 13.5. The summed E-state index contributed by atoms with van der Waals surface area (Å²) in [5, 5.41) is 6.23. The zero-order valence-corrected chi connectivity index (χ0v) is 12.7. The number of halogens is 1. The summed E-state index contributed by atoms with van der Waals surface area (Å²) in [7, 11) is 3.49. The second-order valence-corrected chi connectivity index (χ2v) is 5.54. The second-order valence-electron chi connectivity index (χ2n) is 4.60. The molecule has 0 bridgehead atoms. The number of aromatic nitrogens is 3. The van der Waals surface area contributed by atoms with Crippen LogP contribution in [-0.4, -0.2) is 29.0 Å². The summed E-state index contributed by atoms with van der Waals surface area (Å²) in [6.07, 6.45) is 3.27. The van der Waals surface area contributed by atoms with Crippen molar-refractivity contribution in [3.8, 4) is 0 Å². The molecule has 1 N–H and O–H groups in total. The molecule has 2 aromatic heterocycles. The SMILES string of the molecule is CCCc1nc(CNc2ncc(F)c(N(C)C)n2)cs1. The Hall–Kier alpha value is -1.76. The number of aryl methyl sites for hydroxylation is 1. The lowest BCUT2D eigenvalue weighted by Crippen LogP contribution is -2.15. The molecule has 2 rings (SSSR count). The molecule has 0 radical (unpaired) electrons. The first-order chi connectivity index (χ1) is 9.60. The van der Waals surface area contributed by atoms with Crippen molar-refractivity contribution in [1.29, 1.82) is 0 Å². The van der Waals surface area contributed by atoms with E-state index in [0.717, 1.165) is 23.5 Å². The van der Waals surface area contributed by atoms with Gasteiger partial charge in [0.25, 0.3) is 0 Å². The van der Waals surface area contributed by atoms with Crippen LogP contribution >= 0.6 is 11.3 Å². The zero-order valence-electron chi connectivity index (χ0n) is 11.9. The van der Waals surface area contributed by atoms with Crippen LogP contribution < -0.4 is 10.2 Å². The summed E-state index contributed by atoms with van der Waals surface area (Å²) in [4.78, 5) is 14.2. The molecule has 5 nitrogen and oxygen atoms in total. The highest BCUT2D eigenvalue weighted by Crippen LogP contribution is 2.16. The van der Waals surface area contributed by atoms with Crippen LogP contribution in [0.25, 0.3) is 0 Å². The number of anilines is 2. The molecular weight excluding hydrogens is 277 g/mol. The van der Waals surface area contributed by atoms with Crippen LogP contribution in [0.1, 0.15) is 24.0 Å². The molecule has 0 aliphatic rings. The molecule has 0 unspecified atom stereocenters. The monoisotopic (exact) mass is 295 g/mol. The average Bonchev–Trinajstić information content (AvgIpc) is 2.86. The molecule has 0 aliphatic carbocycles. The van der Waals surface area contributed by atoms with Crippen molar-refractivity contribution < 1.29 is 4.39 Å². The van der Waals surface area contributed by atoms with Gasteiger partial charge in [0.15, 0.2) is 11.6 Å². The maximum atomic E-state index is 13.5. The maximum Gasteiger partial charge on any atom is 0.225 e. The Labute approximate surface area is 121 Å². The van der Waals surface area contributed by atoms with Crippen LogP contribution in [0.5, 0.6) is 0 Å². The number of thiazole rings is 1. The van der Waals surface area contributed by atoms with E-state index in [1.165, 1.54) is 6.20 Å². The standard InChI is InChI=1S/C13H18FN5S/c1-4-5-11-17-9(8-20-11)6-15-13-16-7-10(14)12(18-13)19(2)3/h7-8H,4-6H2,1-3H3,(H,15,16,18). The Morgan fingerprint density at radius 3 is 2.85 bits per heavy atom. The van der Waals surface area contributed by atoms with Gasteiger partial charge in [0.05, 0.1) is 23.4 Å². The first kappa shape index (κ1) is 14.6. The minimum atomic E-state index is -0.431. The van der Waals surface area contributed by atoms with Crippen molar-refractivity contribution in [2.75, 3.05) is 24.3 Å². The van der Waals surface area contributed by atoms with Crippen molar-refractivity contribution in [3.63, 3.8) is 0 Å². The van der Waals surface area contributed by atoms with Gasteiger partial charge in [0, 0.05) is 19.5 Å². The number of rotatable bonds is 6. The van der Waals surface area contributed by atoms with Gasteiger partial charge < -0.3 is 10.2 Å². The minimum Gasteiger partial charge on any atom is -0.360 e. The Balaban J connectivity index is 2.01. The van der Waals surface area contributed by atoms with E-state index in [1.807, 2.05) is 5.38 Å². The van der Waals surface area contributed by atoms with Crippen molar-refractivity contribution in [1.82, 2.24) is 15.0 Å². The molecule has 7 heteroatoms. The van der Waals surface area contributed by atoms with E-state index in [0.29, 0.717) is 12.5 Å².